The maximum Gasteiger partial charge on any atom is 0.241 e. The lowest BCUT2D eigenvalue weighted by Crippen LogP contribution is -2.42. The van der Waals surface area contributed by atoms with E-state index in [2.05, 4.69) is 0 Å². The van der Waals surface area contributed by atoms with Crippen LogP contribution in [0.2, 0.25) is 0 Å². The van der Waals surface area contributed by atoms with Gasteiger partial charge < -0.3 is 15.4 Å². The number of likely N-dealkylation sites (N-methyl/N-ethyl adjacent to an activating group) is 1. The van der Waals surface area contributed by atoms with Gasteiger partial charge in [0.15, 0.2) is 0 Å². The van der Waals surface area contributed by atoms with Gasteiger partial charge in [0.05, 0.1) is 6.61 Å². The molecule has 0 unspecified atom stereocenters. The Morgan fingerprint density at radius 3 is 2.50 bits per heavy atom. The second kappa shape index (κ2) is 4.24. The lowest BCUT2D eigenvalue weighted by Gasteiger charge is -2.15. The molecule has 0 aliphatic rings. The second-order valence-corrected chi connectivity index (χ2v) is 2.29. The van der Waals surface area contributed by atoms with E-state index in [0.717, 1.165) is 0 Å². The molecule has 60 valence electrons. The third kappa shape index (κ3) is 2.80. The number of nitrogens with two attached hydrogens (primary N) is 1. The second-order valence-electron chi connectivity index (χ2n) is 2.29. The van der Waals surface area contributed by atoms with Crippen LogP contribution < -0.4 is 5.73 Å². The molecule has 0 fully saturated rings. The van der Waals surface area contributed by atoms with Crippen molar-refractivity contribution in [3.63, 3.8) is 0 Å². The summed E-state index contributed by atoms with van der Waals surface area (Å²) in [4.78, 5) is 12.4. The Kier molecular flexibility index (Phi) is 3.99. The fourth-order valence-electron chi connectivity index (χ4n) is 0.582. The van der Waals surface area contributed by atoms with Crippen LogP contribution >= 0.6 is 0 Å². The van der Waals surface area contributed by atoms with Crippen LogP contribution in [0.25, 0.3) is 0 Å². The smallest absolute Gasteiger partial charge is 0.241 e. The highest BCUT2D eigenvalue weighted by Crippen LogP contribution is 1.85. The lowest BCUT2D eigenvalue weighted by atomic mass is 10.3. The zero-order chi connectivity index (χ0) is 8.15. The highest BCUT2D eigenvalue weighted by molar-refractivity contribution is 5.81. The standard InChI is InChI=1S/C6H14N2O2/c1-8(2)6(9)5(7)4-10-3/h5H,4,7H2,1-3H3/t5-/m0/s1. The first kappa shape index (κ1) is 9.39. The van der Waals surface area contributed by atoms with Crippen LogP contribution in [0, 0.1) is 0 Å². The van der Waals surface area contributed by atoms with Crippen molar-refractivity contribution < 1.29 is 9.53 Å². The van der Waals surface area contributed by atoms with Crippen molar-refractivity contribution in [2.45, 2.75) is 6.04 Å². The number of hydrogen-bond donors (Lipinski definition) is 1. The fraction of sp³-hybridized carbons (Fsp3) is 0.833. The van der Waals surface area contributed by atoms with E-state index in [-0.39, 0.29) is 12.5 Å². The highest BCUT2D eigenvalue weighted by atomic mass is 16.5. The van der Waals surface area contributed by atoms with Gasteiger partial charge in [-0.3, -0.25) is 4.79 Å². The number of carbonyl (C=O) groups excluding carboxylic acids is 1. The van der Waals surface area contributed by atoms with Gasteiger partial charge in [-0.1, -0.05) is 0 Å². The molecular formula is C6H14N2O2. The third-order valence-electron chi connectivity index (χ3n) is 1.10. The van der Waals surface area contributed by atoms with Crippen molar-refractivity contribution in [2.75, 3.05) is 27.8 Å². The maximum absolute atomic E-state index is 11.0. The Hall–Kier alpha value is -0.610. The summed E-state index contributed by atoms with van der Waals surface area (Å²) in [6, 6.07) is -0.528. The summed E-state index contributed by atoms with van der Waals surface area (Å²) >= 11 is 0. The van der Waals surface area contributed by atoms with Crippen LogP contribution in [0.5, 0.6) is 0 Å². The van der Waals surface area contributed by atoms with Gasteiger partial charge in [0.1, 0.15) is 6.04 Å². The van der Waals surface area contributed by atoms with Gasteiger partial charge in [-0.25, -0.2) is 0 Å². The van der Waals surface area contributed by atoms with E-state index in [1.54, 1.807) is 14.1 Å². The zero-order valence-corrected chi connectivity index (χ0v) is 6.63. The number of hydrogen-bond acceptors (Lipinski definition) is 3. The molecule has 0 spiro atoms. The molecule has 0 saturated heterocycles. The molecule has 0 aromatic carbocycles. The molecule has 0 saturated carbocycles. The number of nitrogens with zero attached hydrogens (tertiary/aromatic N) is 1. The van der Waals surface area contributed by atoms with Crippen LogP contribution in [0.1, 0.15) is 0 Å². The van der Waals surface area contributed by atoms with Gasteiger partial charge in [-0.05, 0) is 0 Å². The van der Waals surface area contributed by atoms with Crippen LogP contribution in [0.15, 0.2) is 0 Å². The van der Waals surface area contributed by atoms with Crippen molar-refractivity contribution in [1.82, 2.24) is 4.90 Å². The molecule has 0 aliphatic heterocycles. The molecule has 10 heavy (non-hydrogen) atoms. The Morgan fingerprint density at radius 1 is 1.70 bits per heavy atom. The summed E-state index contributed by atoms with van der Waals surface area (Å²) in [5, 5.41) is 0. The van der Waals surface area contributed by atoms with Crippen molar-refractivity contribution in [3.8, 4) is 0 Å². The Labute approximate surface area is 60.9 Å². The minimum atomic E-state index is -0.528. The van der Waals surface area contributed by atoms with E-state index in [1.807, 2.05) is 0 Å². The predicted molar refractivity (Wildman–Crippen MR) is 38.5 cm³/mol. The monoisotopic (exact) mass is 146 g/mol. The maximum atomic E-state index is 11.0. The zero-order valence-electron chi connectivity index (χ0n) is 6.63. The summed E-state index contributed by atoms with van der Waals surface area (Å²) in [6.45, 7) is 0.275. The number of rotatable bonds is 3. The molecule has 0 bridgehead atoms. The van der Waals surface area contributed by atoms with Crippen LogP contribution in [0.3, 0.4) is 0 Å². The summed E-state index contributed by atoms with van der Waals surface area (Å²) in [5.74, 6) is -0.109. The average molecular weight is 146 g/mol. The first-order valence-corrected chi connectivity index (χ1v) is 3.05. The number of methoxy groups -OCH3 is 1. The average Bonchev–Trinajstić information content (AvgIpc) is 1.87. The minimum absolute atomic E-state index is 0.109. The van der Waals surface area contributed by atoms with E-state index in [0.29, 0.717) is 0 Å². The van der Waals surface area contributed by atoms with E-state index in [9.17, 15) is 4.79 Å². The Bertz CT molecular complexity index is 114. The topological polar surface area (TPSA) is 55.6 Å². The summed E-state index contributed by atoms with van der Waals surface area (Å²) in [5.41, 5.74) is 5.41. The lowest BCUT2D eigenvalue weighted by molar-refractivity contribution is -0.131. The van der Waals surface area contributed by atoms with Crippen molar-refractivity contribution in [2.24, 2.45) is 5.73 Å². The van der Waals surface area contributed by atoms with Crippen LogP contribution in [0.4, 0.5) is 0 Å². The summed E-state index contributed by atoms with van der Waals surface area (Å²) < 4.78 is 4.70. The normalized spacial score (nSPS) is 12.8. The van der Waals surface area contributed by atoms with Gasteiger partial charge in [0.2, 0.25) is 5.91 Å². The van der Waals surface area contributed by atoms with Gasteiger partial charge in [0.25, 0.3) is 0 Å². The molecule has 4 heteroatoms. The molecule has 2 N–H and O–H groups in total. The summed E-state index contributed by atoms with van der Waals surface area (Å²) in [6.07, 6.45) is 0. The van der Waals surface area contributed by atoms with Crippen molar-refractivity contribution in [3.05, 3.63) is 0 Å². The van der Waals surface area contributed by atoms with Gasteiger partial charge >= 0.3 is 0 Å². The molecule has 1 atom stereocenters. The molecule has 0 aliphatic carbocycles. The number of amides is 1. The molecular weight excluding hydrogens is 132 g/mol. The van der Waals surface area contributed by atoms with Gasteiger partial charge in [-0.2, -0.15) is 0 Å². The molecule has 0 rings (SSSR count). The van der Waals surface area contributed by atoms with E-state index < -0.39 is 6.04 Å². The third-order valence-corrected chi connectivity index (χ3v) is 1.10. The van der Waals surface area contributed by atoms with Crippen LogP contribution in [-0.4, -0.2) is 44.7 Å². The quantitative estimate of drug-likeness (QED) is 0.558. The fourth-order valence-corrected chi connectivity index (χ4v) is 0.582. The number of carbonyl (C=O) groups is 1. The first-order valence-electron chi connectivity index (χ1n) is 3.05. The number of ether oxygens (including phenoxy) is 1. The highest BCUT2D eigenvalue weighted by Gasteiger charge is 2.13. The minimum Gasteiger partial charge on any atom is -0.383 e. The Morgan fingerprint density at radius 2 is 2.20 bits per heavy atom. The van der Waals surface area contributed by atoms with E-state index >= 15 is 0 Å². The molecule has 0 radical (unpaired) electrons. The van der Waals surface area contributed by atoms with Crippen LogP contribution in [-0.2, 0) is 9.53 Å². The molecule has 4 nitrogen and oxygen atoms in total. The van der Waals surface area contributed by atoms with Crippen molar-refractivity contribution >= 4 is 5.91 Å². The summed E-state index contributed by atoms with van der Waals surface area (Å²) in [7, 11) is 4.85. The predicted octanol–water partition coefficient (Wildman–Crippen LogP) is -0.952. The molecule has 0 heterocycles. The first-order chi connectivity index (χ1) is 4.59. The molecule has 0 aromatic heterocycles. The van der Waals surface area contributed by atoms with Crippen molar-refractivity contribution in [1.29, 1.82) is 0 Å². The Balaban J connectivity index is 3.71. The van der Waals surface area contributed by atoms with E-state index in [1.165, 1.54) is 12.0 Å². The van der Waals surface area contributed by atoms with Gasteiger partial charge in [0, 0.05) is 21.2 Å². The SMILES string of the molecule is COC[C@H](N)C(=O)N(C)C. The molecule has 1 amide bonds. The largest absolute Gasteiger partial charge is 0.383 e. The van der Waals surface area contributed by atoms with Gasteiger partial charge in [-0.15, -0.1) is 0 Å². The van der Waals surface area contributed by atoms with E-state index in [4.69, 9.17) is 10.5 Å². The molecule has 0 aromatic rings.